The SMILES string of the molecule is CCn1c(=NC(=O)/C=C/c2ccccc2)sc2c(C)cc(C)cc21. The highest BCUT2D eigenvalue weighted by Crippen LogP contribution is 2.23. The van der Waals surface area contributed by atoms with Gasteiger partial charge in [0, 0.05) is 12.6 Å². The van der Waals surface area contributed by atoms with Gasteiger partial charge < -0.3 is 4.57 Å². The lowest BCUT2D eigenvalue weighted by Crippen LogP contribution is -2.15. The van der Waals surface area contributed by atoms with Crippen LogP contribution >= 0.6 is 11.3 Å². The van der Waals surface area contributed by atoms with E-state index in [9.17, 15) is 4.79 Å². The third-order valence-corrected chi connectivity index (χ3v) is 5.08. The minimum absolute atomic E-state index is 0.234. The van der Waals surface area contributed by atoms with Crippen molar-refractivity contribution in [3.05, 3.63) is 70.0 Å². The molecule has 0 fully saturated rings. The van der Waals surface area contributed by atoms with Crippen LogP contribution in [-0.2, 0) is 11.3 Å². The summed E-state index contributed by atoms with van der Waals surface area (Å²) in [7, 11) is 0. The van der Waals surface area contributed by atoms with E-state index in [2.05, 4.69) is 42.5 Å². The van der Waals surface area contributed by atoms with Gasteiger partial charge >= 0.3 is 0 Å². The molecular weight excluding hydrogens is 316 g/mol. The summed E-state index contributed by atoms with van der Waals surface area (Å²) < 4.78 is 3.30. The monoisotopic (exact) mass is 336 g/mol. The number of hydrogen-bond donors (Lipinski definition) is 0. The van der Waals surface area contributed by atoms with E-state index in [1.54, 1.807) is 17.4 Å². The molecule has 0 radical (unpaired) electrons. The van der Waals surface area contributed by atoms with Crippen molar-refractivity contribution in [1.29, 1.82) is 0 Å². The van der Waals surface area contributed by atoms with Crippen molar-refractivity contribution in [3.8, 4) is 0 Å². The molecule has 0 aliphatic rings. The molecule has 0 saturated carbocycles. The van der Waals surface area contributed by atoms with Gasteiger partial charge in [0.2, 0.25) is 0 Å². The van der Waals surface area contributed by atoms with E-state index in [1.807, 2.05) is 30.3 Å². The fourth-order valence-corrected chi connectivity index (χ4v) is 3.92. The van der Waals surface area contributed by atoms with Crippen LogP contribution in [0.3, 0.4) is 0 Å². The first kappa shape index (κ1) is 16.4. The lowest BCUT2D eigenvalue weighted by Gasteiger charge is -2.02. The van der Waals surface area contributed by atoms with Crippen molar-refractivity contribution in [3.63, 3.8) is 0 Å². The average Bonchev–Trinajstić information content (AvgIpc) is 2.91. The van der Waals surface area contributed by atoms with Crippen molar-refractivity contribution in [1.82, 2.24) is 4.57 Å². The Morgan fingerprint density at radius 3 is 2.67 bits per heavy atom. The molecule has 122 valence electrons. The number of aromatic nitrogens is 1. The third kappa shape index (κ3) is 3.39. The molecule has 3 nitrogen and oxygen atoms in total. The van der Waals surface area contributed by atoms with Gasteiger partial charge in [-0.15, -0.1) is 0 Å². The minimum Gasteiger partial charge on any atom is -0.317 e. The topological polar surface area (TPSA) is 34.4 Å². The van der Waals surface area contributed by atoms with Crippen LogP contribution in [0.1, 0.15) is 23.6 Å². The smallest absolute Gasteiger partial charge is 0.272 e. The predicted molar refractivity (Wildman–Crippen MR) is 101 cm³/mol. The molecule has 0 N–H and O–H groups in total. The Bertz CT molecular complexity index is 978. The van der Waals surface area contributed by atoms with Gasteiger partial charge in [0.15, 0.2) is 4.80 Å². The first-order chi connectivity index (χ1) is 11.6. The number of benzene rings is 2. The van der Waals surface area contributed by atoms with Gasteiger partial charge in [0.25, 0.3) is 5.91 Å². The number of thiazole rings is 1. The highest BCUT2D eigenvalue weighted by atomic mass is 32.1. The first-order valence-electron chi connectivity index (χ1n) is 8.01. The first-order valence-corrected chi connectivity index (χ1v) is 8.82. The molecule has 24 heavy (non-hydrogen) atoms. The van der Waals surface area contributed by atoms with Crippen LogP contribution in [-0.4, -0.2) is 10.5 Å². The second kappa shape index (κ2) is 6.97. The number of fused-ring (bicyclic) bond motifs is 1. The Balaban J connectivity index is 2.02. The maximum atomic E-state index is 12.2. The van der Waals surface area contributed by atoms with Crippen molar-refractivity contribution < 1.29 is 4.79 Å². The van der Waals surface area contributed by atoms with E-state index in [1.165, 1.54) is 21.9 Å². The number of rotatable bonds is 3. The lowest BCUT2D eigenvalue weighted by molar-refractivity contribution is -0.113. The Morgan fingerprint density at radius 2 is 1.96 bits per heavy atom. The molecule has 3 rings (SSSR count). The molecule has 0 aliphatic carbocycles. The highest BCUT2D eigenvalue weighted by molar-refractivity contribution is 7.16. The van der Waals surface area contributed by atoms with Crippen LogP contribution in [0.15, 0.2) is 53.5 Å². The minimum atomic E-state index is -0.234. The summed E-state index contributed by atoms with van der Waals surface area (Å²) in [6, 6.07) is 14.1. The summed E-state index contributed by atoms with van der Waals surface area (Å²) in [5, 5.41) is 0. The van der Waals surface area contributed by atoms with Crippen molar-refractivity contribution >= 4 is 33.5 Å². The molecule has 4 heteroatoms. The maximum Gasteiger partial charge on any atom is 0.272 e. The average molecular weight is 336 g/mol. The molecule has 0 atom stereocenters. The number of aryl methyl sites for hydroxylation is 3. The summed E-state index contributed by atoms with van der Waals surface area (Å²) in [6.07, 6.45) is 3.32. The second-order valence-corrected chi connectivity index (χ2v) is 6.73. The van der Waals surface area contributed by atoms with Crippen LogP contribution in [0.4, 0.5) is 0 Å². The summed E-state index contributed by atoms with van der Waals surface area (Å²) in [5.74, 6) is -0.234. The third-order valence-electron chi connectivity index (χ3n) is 3.85. The molecule has 1 amide bonds. The van der Waals surface area contributed by atoms with Gasteiger partial charge in [-0.3, -0.25) is 4.79 Å². The van der Waals surface area contributed by atoms with Crippen LogP contribution in [0.5, 0.6) is 0 Å². The summed E-state index contributed by atoms with van der Waals surface area (Å²) in [4.78, 5) is 17.3. The van der Waals surface area contributed by atoms with E-state index in [-0.39, 0.29) is 5.91 Å². The van der Waals surface area contributed by atoms with Gasteiger partial charge in [0.1, 0.15) is 0 Å². The second-order valence-electron chi connectivity index (χ2n) is 5.75. The molecular formula is C20H20N2OS. The highest BCUT2D eigenvalue weighted by Gasteiger charge is 2.08. The van der Waals surface area contributed by atoms with Gasteiger partial charge in [-0.1, -0.05) is 47.7 Å². The summed E-state index contributed by atoms with van der Waals surface area (Å²) >= 11 is 1.58. The number of hydrogen-bond acceptors (Lipinski definition) is 2. The molecule has 0 saturated heterocycles. The zero-order chi connectivity index (χ0) is 17.1. The zero-order valence-corrected chi connectivity index (χ0v) is 14.9. The van der Waals surface area contributed by atoms with E-state index in [0.717, 1.165) is 22.4 Å². The van der Waals surface area contributed by atoms with Crippen LogP contribution < -0.4 is 4.80 Å². The van der Waals surface area contributed by atoms with E-state index in [0.29, 0.717) is 0 Å². The van der Waals surface area contributed by atoms with E-state index < -0.39 is 0 Å². The molecule has 2 aromatic carbocycles. The van der Waals surface area contributed by atoms with Gasteiger partial charge in [-0.05, 0) is 49.6 Å². The fraction of sp³-hybridized carbons (Fsp3) is 0.200. The Labute approximate surface area is 145 Å². The van der Waals surface area contributed by atoms with Gasteiger partial charge in [0.05, 0.1) is 10.2 Å². The van der Waals surface area contributed by atoms with Crippen molar-refractivity contribution in [2.45, 2.75) is 27.3 Å². The zero-order valence-electron chi connectivity index (χ0n) is 14.1. The van der Waals surface area contributed by atoms with Crippen LogP contribution in [0.25, 0.3) is 16.3 Å². The molecule has 0 unspecified atom stereocenters. The molecule has 3 aromatic rings. The number of carbonyl (C=O) groups is 1. The van der Waals surface area contributed by atoms with E-state index in [4.69, 9.17) is 0 Å². The Hall–Kier alpha value is -2.46. The standard InChI is InChI=1S/C20H20N2OS/c1-4-22-17-13-14(2)12-15(3)19(17)24-20(22)21-18(23)11-10-16-8-6-5-7-9-16/h5-13H,4H2,1-3H3/b11-10+,21-20?. The largest absolute Gasteiger partial charge is 0.317 e. The molecule has 0 bridgehead atoms. The lowest BCUT2D eigenvalue weighted by atomic mass is 10.1. The van der Waals surface area contributed by atoms with E-state index >= 15 is 0 Å². The molecule has 0 aliphatic heterocycles. The summed E-state index contributed by atoms with van der Waals surface area (Å²) in [6.45, 7) is 7.06. The molecule has 0 spiro atoms. The van der Waals surface area contributed by atoms with Crippen molar-refractivity contribution in [2.75, 3.05) is 0 Å². The number of amides is 1. The predicted octanol–water partition coefficient (Wildman–Crippen LogP) is 4.48. The normalized spacial score (nSPS) is 12.4. The Morgan fingerprint density at radius 1 is 1.21 bits per heavy atom. The van der Waals surface area contributed by atoms with Crippen LogP contribution in [0, 0.1) is 13.8 Å². The quantitative estimate of drug-likeness (QED) is 0.649. The molecule has 1 aromatic heterocycles. The molecule has 1 heterocycles. The van der Waals surface area contributed by atoms with Gasteiger partial charge in [-0.2, -0.15) is 4.99 Å². The fourth-order valence-electron chi connectivity index (χ4n) is 2.77. The maximum absolute atomic E-state index is 12.2. The van der Waals surface area contributed by atoms with Gasteiger partial charge in [-0.25, -0.2) is 0 Å². The summed E-state index contributed by atoms with van der Waals surface area (Å²) in [5.41, 5.74) is 4.60. The Kier molecular flexibility index (Phi) is 4.76. The van der Waals surface area contributed by atoms with Crippen LogP contribution in [0.2, 0.25) is 0 Å². The van der Waals surface area contributed by atoms with Crippen molar-refractivity contribution in [2.24, 2.45) is 4.99 Å². The number of nitrogens with zero attached hydrogens (tertiary/aromatic N) is 2. The number of carbonyl (C=O) groups excluding carboxylic acids is 1.